The van der Waals surface area contributed by atoms with Crippen molar-refractivity contribution in [3.63, 3.8) is 0 Å². The minimum atomic E-state index is -0.966. The Labute approximate surface area is 124 Å². The van der Waals surface area contributed by atoms with Gasteiger partial charge in [0.25, 0.3) is 0 Å². The minimum Gasteiger partial charge on any atom is -0.478 e. The highest BCUT2D eigenvalue weighted by Crippen LogP contribution is 2.22. The van der Waals surface area contributed by atoms with E-state index in [1.165, 1.54) is 6.07 Å². The molecule has 0 spiro atoms. The second kappa shape index (κ2) is 6.88. The molecular formula is C17H19NO3. The molecule has 110 valence electrons. The molecule has 2 rings (SSSR count). The van der Waals surface area contributed by atoms with E-state index in [2.05, 4.69) is 4.98 Å². The van der Waals surface area contributed by atoms with Crippen LogP contribution in [0.15, 0.2) is 42.5 Å². The van der Waals surface area contributed by atoms with E-state index < -0.39 is 5.97 Å². The van der Waals surface area contributed by atoms with Gasteiger partial charge in [-0.25, -0.2) is 9.78 Å². The highest BCUT2D eigenvalue weighted by Gasteiger charge is 2.12. The molecule has 0 amide bonds. The number of benzene rings is 1. The van der Waals surface area contributed by atoms with Crippen molar-refractivity contribution in [1.82, 2.24) is 4.98 Å². The van der Waals surface area contributed by atoms with Gasteiger partial charge in [-0.15, -0.1) is 0 Å². The number of aromatic nitrogens is 1. The molecule has 0 radical (unpaired) electrons. The zero-order valence-corrected chi connectivity index (χ0v) is 12.2. The number of carboxylic acids is 1. The third-order valence-corrected chi connectivity index (χ3v) is 3.17. The van der Waals surface area contributed by atoms with Crippen LogP contribution in [0.3, 0.4) is 0 Å². The van der Waals surface area contributed by atoms with E-state index in [9.17, 15) is 4.79 Å². The van der Waals surface area contributed by atoms with Gasteiger partial charge in [0, 0.05) is 11.8 Å². The van der Waals surface area contributed by atoms with Gasteiger partial charge in [-0.05, 0) is 25.0 Å². The molecule has 21 heavy (non-hydrogen) atoms. The van der Waals surface area contributed by atoms with Crippen LogP contribution in [-0.2, 0) is 6.42 Å². The Hall–Kier alpha value is -2.36. The predicted molar refractivity (Wildman–Crippen MR) is 80.7 cm³/mol. The summed E-state index contributed by atoms with van der Waals surface area (Å²) in [5, 5.41) is 9.17. The van der Waals surface area contributed by atoms with Crippen molar-refractivity contribution in [2.24, 2.45) is 0 Å². The lowest BCUT2D eigenvalue weighted by atomic mass is 10.1. The average Bonchev–Trinajstić information content (AvgIpc) is 2.48. The predicted octanol–water partition coefficient (Wildman–Crippen LogP) is 3.87. The Kier molecular flexibility index (Phi) is 4.93. The van der Waals surface area contributed by atoms with Gasteiger partial charge in [-0.3, -0.25) is 0 Å². The number of carbonyl (C=O) groups is 1. The molecule has 1 unspecified atom stereocenters. The van der Waals surface area contributed by atoms with Gasteiger partial charge >= 0.3 is 5.97 Å². The fourth-order valence-corrected chi connectivity index (χ4v) is 2.10. The maximum absolute atomic E-state index is 11.2. The van der Waals surface area contributed by atoms with Crippen molar-refractivity contribution >= 4 is 5.97 Å². The molecule has 1 atom stereocenters. The quantitative estimate of drug-likeness (QED) is 0.875. The number of rotatable bonds is 6. The van der Waals surface area contributed by atoms with Crippen LogP contribution in [0.5, 0.6) is 5.88 Å². The first-order valence-corrected chi connectivity index (χ1v) is 7.06. The molecule has 1 aromatic carbocycles. The van der Waals surface area contributed by atoms with E-state index >= 15 is 0 Å². The smallest absolute Gasteiger partial charge is 0.335 e. The zero-order chi connectivity index (χ0) is 15.2. The summed E-state index contributed by atoms with van der Waals surface area (Å²) < 4.78 is 5.80. The number of aryl methyl sites for hydroxylation is 1. The van der Waals surface area contributed by atoms with Gasteiger partial charge in [-0.2, -0.15) is 0 Å². The van der Waals surface area contributed by atoms with Crippen molar-refractivity contribution in [2.45, 2.75) is 32.8 Å². The molecule has 0 saturated heterocycles. The third-order valence-electron chi connectivity index (χ3n) is 3.17. The molecule has 0 fully saturated rings. The molecular weight excluding hydrogens is 266 g/mol. The van der Waals surface area contributed by atoms with Crippen molar-refractivity contribution in [3.8, 4) is 5.88 Å². The Morgan fingerprint density at radius 1 is 1.29 bits per heavy atom. The summed E-state index contributed by atoms with van der Waals surface area (Å²) in [5.74, 6) is -0.610. The summed E-state index contributed by atoms with van der Waals surface area (Å²) in [4.78, 5) is 15.6. The molecule has 0 bridgehead atoms. The second-order valence-electron chi connectivity index (χ2n) is 4.91. The molecule has 0 saturated carbocycles. The highest BCUT2D eigenvalue weighted by atomic mass is 16.5. The Morgan fingerprint density at radius 2 is 2.00 bits per heavy atom. The standard InChI is InChI=1S/C17H19NO3/c1-3-7-15-10-14(17(19)20)11-16(18-15)21-12(2)13-8-5-4-6-9-13/h4-6,8-12H,3,7H2,1-2H3,(H,19,20). The van der Waals surface area contributed by atoms with Gasteiger partial charge in [0.2, 0.25) is 5.88 Å². The maximum Gasteiger partial charge on any atom is 0.335 e. The summed E-state index contributed by atoms with van der Waals surface area (Å²) in [6.45, 7) is 3.95. The molecule has 0 aliphatic heterocycles. The average molecular weight is 285 g/mol. The van der Waals surface area contributed by atoms with Gasteiger partial charge in [-0.1, -0.05) is 43.7 Å². The number of ether oxygens (including phenoxy) is 1. The molecule has 1 aromatic heterocycles. The second-order valence-corrected chi connectivity index (χ2v) is 4.91. The Balaban J connectivity index is 2.24. The lowest BCUT2D eigenvalue weighted by Gasteiger charge is -2.15. The van der Waals surface area contributed by atoms with E-state index in [0.29, 0.717) is 5.88 Å². The highest BCUT2D eigenvalue weighted by molar-refractivity contribution is 5.88. The summed E-state index contributed by atoms with van der Waals surface area (Å²) in [7, 11) is 0. The van der Waals surface area contributed by atoms with Crippen LogP contribution in [-0.4, -0.2) is 16.1 Å². The Morgan fingerprint density at radius 3 is 2.62 bits per heavy atom. The first-order chi connectivity index (χ1) is 10.1. The number of pyridine rings is 1. The summed E-state index contributed by atoms with van der Waals surface area (Å²) in [5.41, 5.74) is 1.98. The van der Waals surface area contributed by atoms with Crippen molar-refractivity contribution in [3.05, 3.63) is 59.3 Å². The summed E-state index contributed by atoms with van der Waals surface area (Å²) >= 11 is 0. The molecule has 1 heterocycles. The minimum absolute atomic E-state index is 0.183. The zero-order valence-electron chi connectivity index (χ0n) is 12.2. The van der Waals surface area contributed by atoms with Gasteiger partial charge in [0.15, 0.2) is 0 Å². The molecule has 4 nitrogen and oxygen atoms in total. The van der Waals surface area contributed by atoms with Crippen LogP contribution >= 0.6 is 0 Å². The van der Waals surface area contributed by atoms with Crippen molar-refractivity contribution < 1.29 is 14.6 Å². The first-order valence-electron chi connectivity index (χ1n) is 7.06. The van der Waals surface area contributed by atoms with E-state index in [0.717, 1.165) is 24.1 Å². The number of aromatic carboxylic acids is 1. The normalized spacial score (nSPS) is 11.9. The monoisotopic (exact) mass is 285 g/mol. The molecule has 0 aliphatic carbocycles. The topological polar surface area (TPSA) is 59.4 Å². The molecule has 4 heteroatoms. The van der Waals surface area contributed by atoms with E-state index in [4.69, 9.17) is 9.84 Å². The number of hydrogen-bond acceptors (Lipinski definition) is 3. The number of nitrogens with zero attached hydrogens (tertiary/aromatic N) is 1. The maximum atomic E-state index is 11.2. The number of carboxylic acid groups (broad SMARTS) is 1. The fraction of sp³-hybridized carbons (Fsp3) is 0.294. The van der Waals surface area contributed by atoms with Crippen molar-refractivity contribution in [1.29, 1.82) is 0 Å². The van der Waals surface area contributed by atoms with Crippen LogP contribution in [0.4, 0.5) is 0 Å². The van der Waals surface area contributed by atoms with E-state index in [1.54, 1.807) is 6.07 Å². The molecule has 1 N–H and O–H groups in total. The SMILES string of the molecule is CCCc1cc(C(=O)O)cc(OC(C)c2ccccc2)n1. The van der Waals surface area contributed by atoms with Crippen LogP contribution in [0.25, 0.3) is 0 Å². The van der Waals surface area contributed by atoms with Crippen LogP contribution in [0, 0.1) is 0 Å². The van der Waals surface area contributed by atoms with Crippen LogP contribution in [0.2, 0.25) is 0 Å². The van der Waals surface area contributed by atoms with E-state index in [-0.39, 0.29) is 11.7 Å². The fourth-order valence-electron chi connectivity index (χ4n) is 2.10. The van der Waals surface area contributed by atoms with Gasteiger partial charge in [0.1, 0.15) is 6.10 Å². The van der Waals surface area contributed by atoms with Gasteiger partial charge in [0.05, 0.1) is 5.56 Å². The lowest BCUT2D eigenvalue weighted by Crippen LogP contribution is -2.07. The first kappa shape index (κ1) is 15.0. The molecule has 0 aliphatic rings. The van der Waals surface area contributed by atoms with Crippen molar-refractivity contribution in [2.75, 3.05) is 0 Å². The summed E-state index contributed by atoms with van der Waals surface area (Å²) in [6.07, 6.45) is 1.46. The van der Waals surface area contributed by atoms with E-state index in [1.807, 2.05) is 44.2 Å². The third kappa shape index (κ3) is 4.05. The lowest BCUT2D eigenvalue weighted by molar-refractivity contribution is 0.0695. The van der Waals surface area contributed by atoms with Crippen LogP contribution < -0.4 is 4.74 Å². The molecule has 2 aromatic rings. The summed E-state index contributed by atoms with van der Waals surface area (Å²) in [6, 6.07) is 12.8. The largest absolute Gasteiger partial charge is 0.478 e. The van der Waals surface area contributed by atoms with Gasteiger partial charge < -0.3 is 9.84 Å². The van der Waals surface area contributed by atoms with Crippen LogP contribution in [0.1, 0.15) is 48.0 Å². The number of hydrogen-bond donors (Lipinski definition) is 1. The Bertz CT molecular complexity index is 611.